The summed E-state index contributed by atoms with van der Waals surface area (Å²) in [5.74, 6) is -1.83. The van der Waals surface area contributed by atoms with Crippen molar-refractivity contribution in [2.24, 2.45) is 0 Å². The fourth-order valence-corrected chi connectivity index (χ4v) is 3.31. The first-order valence-corrected chi connectivity index (χ1v) is 8.23. The number of ketones is 2. The second-order valence-corrected chi connectivity index (χ2v) is 6.26. The van der Waals surface area contributed by atoms with Crippen LogP contribution < -0.4 is 11.5 Å². The molecule has 0 fully saturated rings. The molecule has 6 nitrogen and oxygen atoms in total. The lowest BCUT2D eigenvalue weighted by molar-refractivity contribution is 0.0975. The summed E-state index contributed by atoms with van der Waals surface area (Å²) in [4.78, 5) is 25.7. The topological polar surface area (TPSA) is 127 Å². The van der Waals surface area contributed by atoms with Gasteiger partial charge in [-0.15, -0.1) is 0 Å². The highest BCUT2D eigenvalue weighted by molar-refractivity contribution is 6.33. The van der Waals surface area contributed by atoms with Gasteiger partial charge in [-0.3, -0.25) is 9.59 Å². The molecule has 0 aliphatic heterocycles. The van der Waals surface area contributed by atoms with Crippen LogP contribution in [0.4, 0.5) is 11.4 Å². The summed E-state index contributed by atoms with van der Waals surface area (Å²) in [6.07, 6.45) is 3.46. The summed E-state index contributed by atoms with van der Waals surface area (Å²) >= 11 is 0. The van der Waals surface area contributed by atoms with Gasteiger partial charge in [0.15, 0.2) is 0 Å². The molecule has 0 atom stereocenters. The van der Waals surface area contributed by atoms with Crippen LogP contribution in [0.25, 0.3) is 0 Å². The zero-order chi connectivity index (χ0) is 18.3. The predicted octanol–water partition coefficient (Wildman–Crippen LogP) is 2.77. The molecule has 0 saturated heterocycles. The van der Waals surface area contributed by atoms with Gasteiger partial charge in [0.1, 0.15) is 11.5 Å². The SMILES string of the molecule is CCCCCc1cc(O)c2c(c1N)C(=O)c1c(O)ccc(N)c1C2=O. The Bertz CT molecular complexity index is 903. The molecule has 0 aromatic heterocycles. The van der Waals surface area contributed by atoms with Crippen molar-refractivity contribution < 1.29 is 19.8 Å². The molecule has 0 bridgehead atoms. The van der Waals surface area contributed by atoms with Crippen LogP contribution in [0.3, 0.4) is 0 Å². The fraction of sp³-hybridized carbons (Fsp3) is 0.263. The van der Waals surface area contributed by atoms with Gasteiger partial charge >= 0.3 is 0 Å². The van der Waals surface area contributed by atoms with Crippen molar-refractivity contribution >= 4 is 22.9 Å². The summed E-state index contributed by atoms with van der Waals surface area (Å²) in [5, 5.41) is 20.4. The third-order valence-electron chi connectivity index (χ3n) is 4.61. The lowest BCUT2D eigenvalue weighted by atomic mass is 9.80. The van der Waals surface area contributed by atoms with Crippen molar-refractivity contribution in [3.8, 4) is 11.5 Å². The molecule has 6 N–H and O–H groups in total. The Labute approximate surface area is 145 Å². The number of anilines is 2. The number of hydrogen-bond donors (Lipinski definition) is 4. The second kappa shape index (κ2) is 6.12. The number of unbranched alkanes of at least 4 members (excludes halogenated alkanes) is 2. The lowest BCUT2D eigenvalue weighted by Gasteiger charge is -2.23. The molecule has 0 spiro atoms. The van der Waals surface area contributed by atoms with Gasteiger partial charge in [0.2, 0.25) is 11.6 Å². The Balaban J connectivity index is 2.22. The van der Waals surface area contributed by atoms with E-state index in [2.05, 4.69) is 6.92 Å². The Morgan fingerprint density at radius 3 is 2.20 bits per heavy atom. The van der Waals surface area contributed by atoms with Gasteiger partial charge in [-0.05, 0) is 36.6 Å². The van der Waals surface area contributed by atoms with E-state index in [1.165, 1.54) is 18.2 Å². The molecule has 0 amide bonds. The average molecular weight is 340 g/mol. The monoisotopic (exact) mass is 340 g/mol. The predicted molar refractivity (Wildman–Crippen MR) is 95.1 cm³/mol. The first kappa shape index (κ1) is 16.8. The van der Waals surface area contributed by atoms with Gasteiger partial charge in [-0.25, -0.2) is 0 Å². The van der Waals surface area contributed by atoms with Crippen LogP contribution in [0.2, 0.25) is 0 Å². The van der Waals surface area contributed by atoms with Gasteiger partial charge in [0.25, 0.3) is 0 Å². The molecule has 1 aliphatic rings. The molecule has 0 radical (unpaired) electrons. The van der Waals surface area contributed by atoms with E-state index in [1.54, 1.807) is 0 Å². The molecule has 130 valence electrons. The summed E-state index contributed by atoms with van der Waals surface area (Å²) < 4.78 is 0. The van der Waals surface area contributed by atoms with Crippen LogP contribution in [0.5, 0.6) is 11.5 Å². The molecule has 0 saturated carbocycles. The van der Waals surface area contributed by atoms with Crippen LogP contribution in [-0.4, -0.2) is 21.8 Å². The van der Waals surface area contributed by atoms with Crippen molar-refractivity contribution in [1.29, 1.82) is 0 Å². The van der Waals surface area contributed by atoms with Crippen molar-refractivity contribution in [2.75, 3.05) is 11.5 Å². The van der Waals surface area contributed by atoms with E-state index in [4.69, 9.17) is 11.5 Å². The Morgan fingerprint density at radius 2 is 1.52 bits per heavy atom. The zero-order valence-electron chi connectivity index (χ0n) is 13.9. The number of aromatic hydroxyl groups is 2. The van der Waals surface area contributed by atoms with E-state index in [0.717, 1.165) is 19.3 Å². The maximum absolute atomic E-state index is 12.9. The van der Waals surface area contributed by atoms with Crippen LogP contribution in [0.15, 0.2) is 18.2 Å². The van der Waals surface area contributed by atoms with E-state index in [-0.39, 0.29) is 45.1 Å². The number of nitrogens with two attached hydrogens (primary N) is 2. The number of hydrogen-bond acceptors (Lipinski definition) is 6. The molecule has 0 heterocycles. The van der Waals surface area contributed by atoms with E-state index < -0.39 is 11.6 Å². The zero-order valence-corrected chi connectivity index (χ0v) is 13.9. The highest BCUT2D eigenvalue weighted by Gasteiger charge is 2.37. The highest BCUT2D eigenvalue weighted by Crippen LogP contribution is 2.42. The summed E-state index contributed by atoms with van der Waals surface area (Å²) in [5.41, 5.74) is 12.4. The number of nitrogen functional groups attached to an aromatic ring is 2. The smallest absolute Gasteiger partial charge is 0.200 e. The number of phenols is 2. The number of carbonyl (C=O) groups excluding carboxylic acids is 2. The van der Waals surface area contributed by atoms with Crippen LogP contribution in [0, 0.1) is 0 Å². The van der Waals surface area contributed by atoms with Gasteiger partial charge in [-0.2, -0.15) is 0 Å². The molecule has 25 heavy (non-hydrogen) atoms. The molecular weight excluding hydrogens is 320 g/mol. The number of rotatable bonds is 4. The highest BCUT2D eigenvalue weighted by atomic mass is 16.3. The number of fused-ring (bicyclic) bond motifs is 2. The number of aryl methyl sites for hydroxylation is 1. The number of phenolic OH excluding ortho intramolecular Hbond substituents is 2. The quantitative estimate of drug-likeness (QED) is 0.328. The lowest BCUT2D eigenvalue weighted by Crippen LogP contribution is -2.24. The van der Waals surface area contributed by atoms with E-state index in [0.29, 0.717) is 12.0 Å². The summed E-state index contributed by atoms with van der Waals surface area (Å²) in [6.45, 7) is 2.07. The van der Waals surface area contributed by atoms with E-state index in [9.17, 15) is 19.8 Å². The molecular formula is C19H20N2O4. The maximum Gasteiger partial charge on any atom is 0.200 e. The first-order chi connectivity index (χ1) is 11.9. The van der Waals surface area contributed by atoms with Gasteiger partial charge in [0.05, 0.1) is 22.3 Å². The third-order valence-corrected chi connectivity index (χ3v) is 4.61. The van der Waals surface area contributed by atoms with Crippen molar-refractivity contribution in [3.05, 3.63) is 46.0 Å². The third kappa shape index (κ3) is 2.50. The standard InChI is InChI=1S/C19H20N2O4/c1-2-3-4-5-9-8-12(23)15-16(17(9)21)19(25)14-11(22)7-6-10(20)13(14)18(15)24/h6-8,22-23H,2-5,20-21H2,1H3. The fourth-order valence-electron chi connectivity index (χ4n) is 3.31. The molecule has 2 aromatic rings. The summed E-state index contributed by atoms with van der Waals surface area (Å²) in [6, 6.07) is 4.06. The second-order valence-electron chi connectivity index (χ2n) is 6.26. The molecule has 0 unspecified atom stereocenters. The Morgan fingerprint density at radius 1 is 0.880 bits per heavy atom. The minimum Gasteiger partial charge on any atom is -0.507 e. The summed E-state index contributed by atoms with van der Waals surface area (Å²) in [7, 11) is 0. The average Bonchev–Trinajstić information content (AvgIpc) is 2.57. The minimum atomic E-state index is -0.609. The molecule has 3 rings (SSSR count). The Kier molecular flexibility index (Phi) is 4.12. The Hall–Kier alpha value is -3.02. The largest absolute Gasteiger partial charge is 0.507 e. The van der Waals surface area contributed by atoms with E-state index in [1.807, 2.05) is 0 Å². The van der Waals surface area contributed by atoms with Gasteiger partial charge in [0, 0.05) is 11.4 Å². The van der Waals surface area contributed by atoms with Crippen LogP contribution in [0.1, 0.15) is 63.6 Å². The molecule has 2 aromatic carbocycles. The first-order valence-electron chi connectivity index (χ1n) is 8.23. The van der Waals surface area contributed by atoms with Crippen LogP contribution in [-0.2, 0) is 6.42 Å². The minimum absolute atomic E-state index is 0.0510. The normalized spacial score (nSPS) is 12.8. The maximum atomic E-state index is 12.9. The van der Waals surface area contributed by atoms with Crippen molar-refractivity contribution in [1.82, 2.24) is 0 Å². The number of carbonyl (C=O) groups is 2. The van der Waals surface area contributed by atoms with Crippen LogP contribution >= 0.6 is 0 Å². The van der Waals surface area contributed by atoms with Crippen molar-refractivity contribution in [2.45, 2.75) is 32.6 Å². The number of benzene rings is 2. The van der Waals surface area contributed by atoms with Crippen molar-refractivity contribution in [3.63, 3.8) is 0 Å². The van der Waals surface area contributed by atoms with Gasteiger partial charge < -0.3 is 21.7 Å². The van der Waals surface area contributed by atoms with Gasteiger partial charge in [-0.1, -0.05) is 19.8 Å². The van der Waals surface area contributed by atoms with E-state index >= 15 is 0 Å². The molecule has 1 aliphatic carbocycles. The molecule has 6 heteroatoms.